The first-order valence-corrected chi connectivity index (χ1v) is 7.07. The Hall–Kier alpha value is 0.470. The molecule has 1 saturated carbocycles. The number of hydrogen-bond donors (Lipinski definition) is 0. The van der Waals surface area contributed by atoms with Gasteiger partial charge in [0.2, 0.25) is 0 Å². The third kappa shape index (κ3) is 0.256. The van der Waals surface area contributed by atoms with Gasteiger partial charge in [-0.05, 0) is 0 Å². The zero-order chi connectivity index (χ0) is 4.43. The van der Waals surface area contributed by atoms with Crippen LogP contribution in [0.2, 0.25) is 0 Å². The molecule has 2 fully saturated rings. The molecule has 0 N–H and O–H groups in total. The van der Waals surface area contributed by atoms with Gasteiger partial charge in [-0.3, -0.25) is 0 Å². The summed E-state index contributed by atoms with van der Waals surface area (Å²) in [7, 11) is 0. The van der Waals surface area contributed by atoms with Crippen LogP contribution in [0.15, 0.2) is 9.66 Å². The zero-order valence-corrected chi connectivity index (χ0v) is 6.18. The van der Waals surface area contributed by atoms with Crippen LogP contribution in [0.3, 0.4) is 0 Å². The summed E-state index contributed by atoms with van der Waals surface area (Å²) >= 11 is -0.259. The van der Waals surface area contributed by atoms with E-state index in [4.69, 9.17) is 0 Å². The molecule has 0 spiro atoms. The third-order valence-corrected chi connectivity index (χ3v) is 8.00. The van der Waals surface area contributed by atoms with Gasteiger partial charge in [0, 0.05) is 0 Å². The van der Waals surface area contributed by atoms with E-state index < -0.39 is 0 Å². The van der Waals surface area contributed by atoms with E-state index in [9.17, 15) is 0 Å². The molecule has 7 heavy (non-hydrogen) atoms. The fourth-order valence-corrected chi connectivity index (χ4v) is 9.21. The van der Waals surface area contributed by atoms with Gasteiger partial charge >= 0.3 is 50.2 Å². The second-order valence-corrected chi connectivity index (χ2v) is 7.85. The Bertz CT molecular complexity index is 146. The van der Waals surface area contributed by atoms with Gasteiger partial charge in [-0.25, -0.2) is 0 Å². The Morgan fingerprint density at radius 2 is 2.14 bits per heavy atom. The van der Waals surface area contributed by atoms with Gasteiger partial charge in [0.25, 0.3) is 0 Å². The van der Waals surface area contributed by atoms with Crippen LogP contribution in [-0.4, -0.2) is 8.86 Å². The van der Waals surface area contributed by atoms with Crippen molar-refractivity contribution in [1.82, 2.24) is 0 Å². The minimum atomic E-state index is -0.259. The quantitative estimate of drug-likeness (QED) is 0.417. The summed E-state index contributed by atoms with van der Waals surface area (Å²) in [5, 5.41) is 0. The Kier molecular flexibility index (Phi) is 0.403. The summed E-state index contributed by atoms with van der Waals surface area (Å²) < 4.78 is 6.03. The van der Waals surface area contributed by atoms with Crippen molar-refractivity contribution in [2.24, 2.45) is 11.8 Å². The van der Waals surface area contributed by atoms with Crippen molar-refractivity contribution in [3.8, 4) is 0 Å². The molecule has 0 amide bonds. The molecule has 4 rings (SSSR count). The molecule has 3 aliphatic heterocycles. The molecule has 1 saturated heterocycles. The van der Waals surface area contributed by atoms with Crippen molar-refractivity contribution in [3.05, 3.63) is 9.66 Å². The average molecular weight is 206 g/mol. The van der Waals surface area contributed by atoms with Crippen LogP contribution in [0.1, 0.15) is 0 Å². The summed E-state index contributed by atoms with van der Waals surface area (Å²) in [4.78, 5) is 0. The van der Waals surface area contributed by atoms with Crippen molar-refractivity contribution >= 4 is 19.8 Å². The summed E-state index contributed by atoms with van der Waals surface area (Å²) in [6.07, 6.45) is 0. The number of allylic oxidation sites excluding steroid dienone is 1. The van der Waals surface area contributed by atoms with Crippen LogP contribution in [-0.2, 0) is 0 Å². The molecule has 2 atom stereocenters. The molecule has 0 aromatic heterocycles. The van der Waals surface area contributed by atoms with Crippen LogP contribution < -0.4 is 0 Å². The van der Waals surface area contributed by atoms with Gasteiger partial charge in [0.15, 0.2) is 0 Å². The van der Waals surface area contributed by atoms with E-state index in [-0.39, 0.29) is 19.8 Å². The second-order valence-electron chi connectivity index (χ2n) is 2.63. The fraction of sp³-hybridized carbons (Fsp3) is 0.667. The van der Waals surface area contributed by atoms with Gasteiger partial charge in [0.05, 0.1) is 0 Å². The van der Waals surface area contributed by atoms with Crippen molar-refractivity contribution in [2.75, 3.05) is 8.86 Å². The minimum absolute atomic E-state index is 0.259. The van der Waals surface area contributed by atoms with Crippen LogP contribution in [0.5, 0.6) is 0 Å². The van der Waals surface area contributed by atoms with Gasteiger partial charge in [-0.1, -0.05) is 0 Å². The van der Waals surface area contributed by atoms with E-state index in [1.165, 1.54) is 11.8 Å². The SMILES string of the molecule is C1=C2C3CI1CC23. The molecule has 0 nitrogen and oxygen atoms in total. The van der Waals surface area contributed by atoms with E-state index in [1.807, 2.05) is 5.57 Å². The van der Waals surface area contributed by atoms with Gasteiger partial charge in [0.1, 0.15) is 0 Å². The summed E-state index contributed by atoms with van der Waals surface area (Å²) in [5.41, 5.74) is 1.89. The molecule has 0 aromatic carbocycles. The summed E-state index contributed by atoms with van der Waals surface area (Å²) in [6, 6.07) is 0. The predicted molar refractivity (Wildman–Crippen MR) is 38.8 cm³/mol. The normalized spacial score (nSPS) is 55.4. The first-order chi connectivity index (χ1) is 3.45. The third-order valence-electron chi connectivity index (χ3n) is 2.24. The fourth-order valence-electron chi connectivity index (χ4n) is 1.72. The number of rotatable bonds is 0. The first kappa shape index (κ1) is 3.49. The van der Waals surface area contributed by atoms with E-state index in [1.54, 1.807) is 8.86 Å². The van der Waals surface area contributed by atoms with Crippen molar-refractivity contribution in [3.63, 3.8) is 0 Å². The van der Waals surface area contributed by atoms with Gasteiger partial charge < -0.3 is 0 Å². The Balaban J connectivity index is 2.32. The topological polar surface area (TPSA) is 0 Å². The number of hydrogen-bond acceptors (Lipinski definition) is 0. The molecular weight excluding hydrogens is 199 g/mol. The van der Waals surface area contributed by atoms with E-state index in [2.05, 4.69) is 4.08 Å². The van der Waals surface area contributed by atoms with Crippen molar-refractivity contribution < 1.29 is 0 Å². The molecule has 0 aromatic rings. The molecule has 1 heteroatoms. The zero-order valence-electron chi connectivity index (χ0n) is 4.02. The molecule has 38 valence electrons. The molecule has 4 bridgehead atoms. The number of alkyl halides is 2. The van der Waals surface area contributed by atoms with Crippen LogP contribution >= 0.6 is 19.8 Å². The molecule has 2 unspecified atom stereocenters. The van der Waals surface area contributed by atoms with Crippen LogP contribution in [0, 0.1) is 11.8 Å². The van der Waals surface area contributed by atoms with Crippen LogP contribution in [0.4, 0.5) is 0 Å². The average Bonchev–Trinajstić information content (AvgIpc) is 2.10. The van der Waals surface area contributed by atoms with Gasteiger partial charge in [-0.15, -0.1) is 0 Å². The van der Waals surface area contributed by atoms with Crippen molar-refractivity contribution in [2.45, 2.75) is 0 Å². The Labute approximate surface area is 50.4 Å². The molecule has 1 aliphatic carbocycles. The van der Waals surface area contributed by atoms with E-state index in [0.717, 1.165) is 0 Å². The van der Waals surface area contributed by atoms with E-state index >= 15 is 0 Å². The maximum atomic E-state index is 2.67. The van der Waals surface area contributed by atoms with Crippen LogP contribution in [0.25, 0.3) is 0 Å². The van der Waals surface area contributed by atoms with Crippen molar-refractivity contribution in [1.29, 1.82) is 0 Å². The van der Waals surface area contributed by atoms with Gasteiger partial charge in [-0.2, -0.15) is 0 Å². The Morgan fingerprint density at radius 1 is 1.43 bits per heavy atom. The first-order valence-electron chi connectivity index (χ1n) is 2.77. The molecule has 4 aliphatic rings. The molecular formula is C6H7I. The predicted octanol–water partition coefficient (Wildman–Crippen LogP) is 1.65. The van der Waals surface area contributed by atoms with E-state index in [0.29, 0.717) is 0 Å². The summed E-state index contributed by atoms with van der Waals surface area (Å²) in [6.45, 7) is 0. The standard InChI is InChI=1S/C6H7I/c1-4-5-2-7(1)3-6(4)5/h1,5-6H,2-3H2. The Morgan fingerprint density at radius 3 is 2.29 bits per heavy atom. The molecule has 3 heterocycles. The second kappa shape index (κ2) is 0.809. The maximum absolute atomic E-state index is 2.67. The number of halogens is 1. The summed E-state index contributed by atoms with van der Waals surface area (Å²) in [5.74, 6) is 2.37. The molecule has 0 radical (unpaired) electrons. The monoisotopic (exact) mass is 206 g/mol.